The van der Waals surface area contributed by atoms with Crippen LogP contribution in [0.2, 0.25) is 0 Å². The summed E-state index contributed by atoms with van der Waals surface area (Å²) in [5.74, 6) is 2.63. The van der Waals surface area contributed by atoms with Crippen LogP contribution in [0.15, 0.2) is 58.2 Å². The standard InChI is InChI=1S/C20H21N3O4S/c1-14-12-15(23-27-14)13-28-20-18(4-3-9-22-20)19(24)21-10-11-26-17-7-5-16(25-2)6-8-17/h3-9,12H,10-11,13H2,1-2H3,(H,21,24). The summed E-state index contributed by atoms with van der Waals surface area (Å²) < 4.78 is 15.8. The lowest BCUT2D eigenvalue weighted by atomic mass is 10.2. The summed E-state index contributed by atoms with van der Waals surface area (Å²) in [7, 11) is 1.61. The van der Waals surface area contributed by atoms with Gasteiger partial charge in [0.1, 0.15) is 28.9 Å². The van der Waals surface area contributed by atoms with E-state index in [-0.39, 0.29) is 5.91 Å². The molecule has 0 aliphatic heterocycles. The summed E-state index contributed by atoms with van der Waals surface area (Å²) in [6.07, 6.45) is 1.67. The van der Waals surface area contributed by atoms with Crippen LogP contribution in [0.5, 0.6) is 11.5 Å². The highest BCUT2D eigenvalue weighted by molar-refractivity contribution is 7.98. The maximum Gasteiger partial charge on any atom is 0.254 e. The number of aryl methyl sites for hydroxylation is 1. The van der Waals surface area contributed by atoms with Crippen molar-refractivity contribution in [2.24, 2.45) is 0 Å². The Morgan fingerprint density at radius 3 is 2.71 bits per heavy atom. The molecule has 0 bridgehead atoms. The first kappa shape index (κ1) is 19.8. The highest BCUT2D eigenvalue weighted by Crippen LogP contribution is 2.24. The van der Waals surface area contributed by atoms with E-state index in [0.717, 1.165) is 23.0 Å². The number of carbonyl (C=O) groups is 1. The minimum absolute atomic E-state index is 0.190. The van der Waals surface area contributed by atoms with Gasteiger partial charge in [-0.15, -0.1) is 0 Å². The number of nitrogens with one attached hydrogen (secondary N) is 1. The second-order valence-corrected chi connectivity index (χ2v) is 6.82. The van der Waals surface area contributed by atoms with Crippen molar-refractivity contribution in [2.45, 2.75) is 17.7 Å². The van der Waals surface area contributed by atoms with Crippen molar-refractivity contribution in [1.29, 1.82) is 0 Å². The smallest absolute Gasteiger partial charge is 0.254 e. The lowest BCUT2D eigenvalue weighted by Crippen LogP contribution is -2.28. The maximum absolute atomic E-state index is 12.5. The predicted octanol–water partition coefficient (Wildman–Crippen LogP) is 3.49. The number of benzene rings is 1. The SMILES string of the molecule is COc1ccc(OCCNC(=O)c2cccnc2SCc2cc(C)on2)cc1. The molecule has 0 unspecified atom stereocenters. The molecule has 1 amide bonds. The molecule has 0 saturated heterocycles. The minimum atomic E-state index is -0.190. The van der Waals surface area contributed by atoms with Gasteiger partial charge in [0.05, 0.1) is 24.9 Å². The van der Waals surface area contributed by atoms with E-state index in [4.69, 9.17) is 14.0 Å². The number of thioether (sulfide) groups is 1. The number of rotatable bonds is 9. The Morgan fingerprint density at radius 2 is 2.00 bits per heavy atom. The van der Waals surface area contributed by atoms with Crippen molar-refractivity contribution in [1.82, 2.24) is 15.5 Å². The molecule has 146 valence electrons. The molecule has 0 atom stereocenters. The topological polar surface area (TPSA) is 86.5 Å². The summed E-state index contributed by atoms with van der Waals surface area (Å²) in [5.41, 5.74) is 1.34. The van der Waals surface area contributed by atoms with Gasteiger partial charge in [-0.2, -0.15) is 0 Å². The molecular weight excluding hydrogens is 378 g/mol. The van der Waals surface area contributed by atoms with Crippen molar-refractivity contribution in [3.05, 3.63) is 65.7 Å². The first-order valence-corrected chi connectivity index (χ1v) is 9.69. The van der Waals surface area contributed by atoms with Crippen LogP contribution in [0.4, 0.5) is 0 Å². The first-order valence-electron chi connectivity index (χ1n) is 8.71. The molecule has 2 heterocycles. The van der Waals surface area contributed by atoms with Gasteiger partial charge >= 0.3 is 0 Å². The quantitative estimate of drug-likeness (QED) is 0.435. The number of aromatic nitrogens is 2. The Bertz CT molecular complexity index is 912. The Hall–Kier alpha value is -3.00. The lowest BCUT2D eigenvalue weighted by molar-refractivity contribution is 0.0943. The Balaban J connectivity index is 1.49. The van der Waals surface area contributed by atoms with Crippen LogP contribution in [-0.2, 0) is 5.75 Å². The van der Waals surface area contributed by atoms with E-state index in [2.05, 4.69) is 15.5 Å². The largest absolute Gasteiger partial charge is 0.497 e. The van der Waals surface area contributed by atoms with Crippen molar-refractivity contribution >= 4 is 17.7 Å². The Morgan fingerprint density at radius 1 is 1.21 bits per heavy atom. The normalized spacial score (nSPS) is 10.5. The second-order valence-electron chi connectivity index (χ2n) is 5.85. The number of methoxy groups -OCH3 is 1. The molecule has 0 spiro atoms. The number of hydrogen-bond acceptors (Lipinski definition) is 7. The molecule has 1 N–H and O–H groups in total. The van der Waals surface area contributed by atoms with Gasteiger partial charge in [0.2, 0.25) is 0 Å². The van der Waals surface area contributed by atoms with Crippen molar-refractivity contribution in [2.75, 3.05) is 20.3 Å². The first-order chi connectivity index (χ1) is 13.7. The van der Waals surface area contributed by atoms with E-state index in [1.54, 1.807) is 25.4 Å². The third-order valence-corrected chi connectivity index (χ3v) is 4.80. The number of carbonyl (C=O) groups excluding carboxylic acids is 1. The van der Waals surface area contributed by atoms with Crippen LogP contribution in [0.3, 0.4) is 0 Å². The molecule has 3 aromatic rings. The van der Waals surface area contributed by atoms with Gasteiger partial charge < -0.3 is 19.3 Å². The zero-order valence-electron chi connectivity index (χ0n) is 15.7. The van der Waals surface area contributed by atoms with Crippen LogP contribution in [0.25, 0.3) is 0 Å². The van der Waals surface area contributed by atoms with Crippen molar-refractivity contribution < 1.29 is 18.8 Å². The summed E-state index contributed by atoms with van der Waals surface area (Å²) in [5, 5.41) is 7.47. The summed E-state index contributed by atoms with van der Waals surface area (Å²) in [4.78, 5) is 16.8. The zero-order chi connectivity index (χ0) is 19.8. The van der Waals surface area contributed by atoms with Crippen molar-refractivity contribution in [3.8, 4) is 11.5 Å². The predicted molar refractivity (Wildman–Crippen MR) is 106 cm³/mol. The van der Waals surface area contributed by atoms with E-state index < -0.39 is 0 Å². The molecule has 0 saturated carbocycles. The highest BCUT2D eigenvalue weighted by Gasteiger charge is 2.13. The molecule has 8 heteroatoms. The van der Waals surface area contributed by atoms with Gasteiger partial charge in [-0.3, -0.25) is 4.79 Å². The second kappa shape index (κ2) is 9.80. The Labute approximate surface area is 167 Å². The van der Waals surface area contributed by atoms with Gasteiger partial charge in [-0.25, -0.2) is 4.98 Å². The van der Waals surface area contributed by atoms with Gasteiger partial charge in [0.25, 0.3) is 5.91 Å². The van der Waals surface area contributed by atoms with Gasteiger partial charge in [-0.05, 0) is 43.3 Å². The number of hydrogen-bond donors (Lipinski definition) is 1. The Kier molecular flexibility index (Phi) is 6.91. The van der Waals surface area contributed by atoms with Crippen LogP contribution < -0.4 is 14.8 Å². The molecular formula is C20H21N3O4S. The molecule has 0 radical (unpaired) electrons. The number of pyridine rings is 1. The molecule has 7 nitrogen and oxygen atoms in total. The van der Waals surface area contributed by atoms with Crippen LogP contribution in [0.1, 0.15) is 21.8 Å². The van der Waals surface area contributed by atoms with Gasteiger partial charge in [0.15, 0.2) is 0 Å². The summed E-state index contributed by atoms with van der Waals surface area (Å²) >= 11 is 1.44. The molecule has 3 rings (SSSR count). The number of amides is 1. The monoisotopic (exact) mass is 399 g/mol. The van der Waals surface area contributed by atoms with E-state index in [1.165, 1.54) is 11.8 Å². The fraction of sp³-hybridized carbons (Fsp3) is 0.250. The zero-order valence-corrected chi connectivity index (χ0v) is 16.5. The average molecular weight is 399 g/mol. The van der Waals surface area contributed by atoms with E-state index in [1.807, 2.05) is 37.3 Å². The maximum atomic E-state index is 12.5. The van der Waals surface area contributed by atoms with E-state index >= 15 is 0 Å². The van der Waals surface area contributed by atoms with Gasteiger partial charge in [-0.1, -0.05) is 16.9 Å². The van der Waals surface area contributed by atoms with Crippen LogP contribution in [0, 0.1) is 6.92 Å². The molecule has 0 fully saturated rings. The third-order valence-electron chi connectivity index (χ3n) is 3.77. The van der Waals surface area contributed by atoms with Crippen LogP contribution >= 0.6 is 11.8 Å². The molecule has 28 heavy (non-hydrogen) atoms. The number of ether oxygens (including phenoxy) is 2. The van der Waals surface area contributed by atoms with Crippen molar-refractivity contribution in [3.63, 3.8) is 0 Å². The average Bonchev–Trinajstić information content (AvgIpc) is 3.15. The van der Waals surface area contributed by atoms with E-state index in [9.17, 15) is 4.79 Å². The van der Waals surface area contributed by atoms with Crippen LogP contribution in [-0.4, -0.2) is 36.3 Å². The molecule has 0 aliphatic rings. The fourth-order valence-electron chi connectivity index (χ4n) is 2.41. The molecule has 0 aliphatic carbocycles. The minimum Gasteiger partial charge on any atom is -0.497 e. The lowest BCUT2D eigenvalue weighted by Gasteiger charge is -2.10. The molecule has 2 aromatic heterocycles. The summed E-state index contributed by atoms with van der Waals surface area (Å²) in [6.45, 7) is 2.58. The molecule has 1 aromatic carbocycles. The van der Waals surface area contributed by atoms with Gasteiger partial charge in [0, 0.05) is 18.0 Å². The summed E-state index contributed by atoms with van der Waals surface area (Å²) in [6, 6.07) is 12.7. The number of nitrogens with zero attached hydrogens (tertiary/aromatic N) is 2. The fourth-order valence-corrected chi connectivity index (χ4v) is 3.28. The third kappa shape index (κ3) is 5.50. The van der Waals surface area contributed by atoms with E-state index in [0.29, 0.717) is 29.5 Å². The highest BCUT2D eigenvalue weighted by atomic mass is 32.2.